The molecule has 1 aliphatic rings. The number of hydrogen-bond acceptors (Lipinski definition) is 5. The smallest absolute Gasteiger partial charge is 0.271 e. The summed E-state index contributed by atoms with van der Waals surface area (Å²) in [5.41, 5.74) is -0.107. The summed E-state index contributed by atoms with van der Waals surface area (Å²) >= 11 is 0. The van der Waals surface area contributed by atoms with Gasteiger partial charge in [-0.2, -0.15) is 0 Å². The van der Waals surface area contributed by atoms with Gasteiger partial charge in [0.25, 0.3) is 5.69 Å². The molecule has 1 saturated heterocycles. The molecule has 0 aromatic heterocycles. The van der Waals surface area contributed by atoms with E-state index in [0.29, 0.717) is 6.42 Å². The predicted octanol–water partition coefficient (Wildman–Crippen LogP) is 1.80. The first kappa shape index (κ1) is 16.2. The van der Waals surface area contributed by atoms with Crippen molar-refractivity contribution < 1.29 is 14.8 Å². The van der Waals surface area contributed by atoms with Crippen molar-refractivity contribution in [3.8, 4) is 5.75 Å². The lowest BCUT2D eigenvalue weighted by molar-refractivity contribution is -0.384. The molecule has 8 heteroatoms. The highest BCUT2D eigenvalue weighted by atomic mass is 35.5. The second kappa shape index (κ2) is 7.06. The molecule has 1 aromatic rings. The van der Waals surface area contributed by atoms with Gasteiger partial charge in [-0.25, -0.2) is 0 Å². The number of nitro groups is 1. The van der Waals surface area contributed by atoms with Gasteiger partial charge in [-0.3, -0.25) is 14.9 Å². The zero-order chi connectivity index (χ0) is 13.8. The van der Waals surface area contributed by atoms with Crippen molar-refractivity contribution >= 4 is 29.7 Å². The summed E-state index contributed by atoms with van der Waals surface area (Å²) in [6.45, 7) is 0.903. The zero-order valence-corrected chi connectivity index (χ0v) is 11.5. The van der Waals surface area contributed by atoms with Crippen LogP contribution in [0, 0.1) is 10.1 Å². The lowest BCUT2D eigenvalue weighted by Gasteiger charge is -2.11. The Labute approximate surface area is 121 Å². The molecule has 2 rings (SSSR count). The maximum absolute atomic E-state index is 11.8. The van der Waals surface area contributed by atoms with Crippen molar-refractivity contribution in [1.82, 2.24) is 5.32 Å². The van der Waals surface area contributed by atoms with E-state index in [4.69, 9.17) is 0 Å². The van der Waals surface area contributed by atoms with Crippen LogP contribution in [-0.4, -0.2) is 28.5 Å². The molecule has 0 bridgehead atoms. The van der Waals surface area contributed by atoms with Gasteiger partial charge in [0, 0.05) is 24.6 Å². The molecule has 1 aromatic carbocycles. The number of aromatic hydroxyl groups is 1. The van der Waals surface area contributed by atoms with Crippen LogP contribution >= 0.6 is 12.4 Å². The van der Waals surface area contributed by atoms with Crippen molar-refractivity contribution in [2.75, 3.05) is 11.9 Å². The van der Waals surface area contributed by atoms with Crippen molar-refractivity contribution in [3.05, 3.63) is 28.3 Å². The summed E-state index contributed by atoms with van der Waals surface area (Å²) in [5.74, 6) is -0.450. The monoisotopic (exact) mass is 301 g/mol. The molecule has 1 unspecified atom stereocenters. The lowest BCUT2D eigenvalue weighted by atomic mass is 10.1. The molecular formula is C12H16ClN3O4. The molecule has 1 amide bonds. The number of non-ortho nitro benzene ring substituents is 1. The van der Waals surface area contributed by atoms with Crippen LogP contribution in [0.3, 0.4) is 0 Å². The number of nitrogens with zero attached hydrogens (tertiary/aromatic N) is 1. The highest BCUT2D eigenvalue weighted by molar-refractivity contribution is 5.93. The van der Waals surface area contributed by atoms with Crippen molar-refractivity contribution in [1.29, 1.82) is 0 Å². The Morgan fingerprint density at radius 2 is 2.30 bits per heavy atom. The number of nitrogens with one attached hydrogen (secondary N) is 2. The summed E-state index contributed by atoms with van der Waals surface area (Å²) in [4.78, 5) is 21.8. The topological polar surface area (TPSA) is 104 Å². The highest BCUT2D eigenvalue weighted by Gasteiger charge is 2.19. The normalized spacial score (nSPS) is 17.3. The molecule has 0 spiro atoms. The Morgan fingerprint density at radius 1 is 1.55 bits per heavy atom. The van der Waals surface area contributed by atoms with E-state index in [0.717, 1.165) is 25.5 Å². The average molecular weight is 302 g/mol. The van der Waals surface area contributed by atoms with Crippen LogP contribution in [0.5, 0.6) is 5.75 Å². The fraction of sp³-hybridized carbons (Fsp3) is 0.417. The minimum absolute atomic E-state index is 0. The van der Waals surface area contributed by atoms with Gasteiger partial charge in [0.1, 0.15) is 5.75 Å². The summed E-state index contributed by atoms with van der Waals surface area (Å²) in [6, 6.07) is 3.67. The number of rotatable bonds is 4. The predicted molar refractivity (Wildman–Crippen MR) is 76.3 cm³/mol. The van der Waals surface area contributed by atoms with Gasteiger partial charge in [-0.1, -0.05) is 0 Å². The number of phenolic OH excluding ortho intramolecular Hbond substituents is 1. The van der Waals surface area contributed by atoms with Crippen LogP contribution in [0.1, 0.15) is 19.3 Å². The molecule has 20 heavy (non-hydrogen) atoms. The van der Waals surface area contributed by atoms with Crippen LogP contribution in [0.2, 0.25) is 0 Å². The van der Waals surface area contributed by atoms with Crippen LogP contribution in [0.15, 0.2) is 18.2 Å². The third kappa shape index (κ3) is 4.07. The molecule has 1 heterocycles. The minimum atomic E-state index is -0.576. The third-order valence-electron chi connectivity index (χ3n) is 3.06. The first-order valence-corrected chi connectivity index (χ1v) is 6.07. The van der Waals surface area contributed by atoms with Crippen molar-refractivity contribution in [2.45, 2.75) is 25.3 Å². The number of carbonyl (C=O) groups excluding carboxylic acids is 1. The third-order valence-corrected chi connectivity index (χ3v) is 3.06. The van der Waals surface area contributed by atoms with Gasteiger partial charge < -0.3 is 15.7 Å². The molecule has 110 valence electrons. The van der Waals surface area contributed by atoms with Crippen LogP contribution < -0.4 is 10.6 Å². The SMILES string of the molecule is Cl.O=C(CC1CCCN1)Nc1cc([N+](=O)[O-])ccc1O. The van der Waals surface area contributed by atoms with Gasteiger partial charge in [-0.15, -0.1) is 12.4 Å². The Kier molecular flexibility index (Phi) is 5.72. The van der Waals surface area contributed by atoms with Crippen LogP contribution in [0.25, 0.3) is 0 Å². The Morgan fingerprint density at radius 3 is 2.90 bits per heavy atom. The van der Waals surface area contributed by atoms with Gasteiger partial charge in [0.2, 0.25) is 5.91 Å². The Bertz CT molecular complexity index is 503. The zero-order valence-electron chi connectivity index (χ0n) is 10.7. The largest absolute Gasteiger partial charge is 0.506 e. The molecule has 1 atom stereocenters. The second-order valence-electron chi connectivity index (χ2n) is 4.50. The summed E-state index contributed by atoms with van der Waals surface area (Å²) in [6.07, 6.45) is 2.27. The standard InChI is InChI=1S/C12H15N3O4.ClH/c16-11-4-3-9(15(18)19)7-10(11)14-12(17)6-8-2-1-5-13-8;/h3-4,7-8,13,16H,1-2,5-6H2,(H,14,17);1H. The van der Waals surface area contributed by atoms with E-state index >= 15 is 0 Å². The first-order chi connectivity index (χ1) is 9.06. The van der Waals surface area contributed by atoms with E-state index in [-0.39, 0.29) is 41.5 Å². The van der Waals surface area contributed by atoms with Gasteiger partial charge in [0.15, 0.2) is 0 Å². The fourth-order valence-electron chi connectivity index (χ4n) is 2.09. The number of nitro benzene ring substituents is 1. The number of halogens is 1. The number of phenols is 1. The second-order valence-corrected chi connectivity index (χ2v) is 4.50. The minimum Gasteiger partial charge on any atom is -0.506 e. The molecule has 1 aliphatic heterocycles. The van der Waals surface area contributed by atoms with Gasteiger partial charge in [0.05, 0.1) is 10.6 Å². The summed E-state index contributed by atoms with van der Waals surface area (Å²) in [5, 5.41) is 25.9. The molecule has 7 nitrogen and oxygen atoms in total. The van der Waals surface area contributed by atoms with E-state index in [9.17, 15) is 20.0 Å². The van der Waals surface area contributed by atoms with Crippen LogP contribution in [0.4, 0.5) is 11.4 Å². The summed E-state index contributed by atoms with van der Waals surface area (Å²) in [7, 11) is 0. The number of anilines is 1. The first-order valence-electron chi connectivity index (χ1n) is 6.07. The number of hydrogen-bond donors (Lipinski definition) is 3. The van der Waals surface area contributed by atoms with Crippen molar-refractivity contribution in [2.24, 2.45) is 0 Å². The number of amides is 1. The van der Waals surface area contributed by atoms with E-state index in [2.05, 4.69) is 10.6 Å². The van der Waals surface area contributed by atoms with Gasteiger partial charge >= 0.3 is 0 Å². The lowest BCUT2D eigenvalue weighted by Crippen LogP contribution is -2.27. The molecular weight excluding hydrogens is 286 g/mol. The maximum Gasteiger partial charge on any atom is 0.271 e. The quantitative estimate of drug-likeness (QED) is 0.447. The Balaban J connectivity index is 0.00000200. The highest BCUT2D eigenvalue weighted by Crippen LogP contribution is 2.28. The number of benzene rings is 1. The average Bonchev–Trinajstić information content (AvgIpc) is 2.84. The van der Waals surface area contributed by atoms with E-state index in [1.54, 1.807) is 0 Å². The maximum atomic E-state index is 11.8. The molecule has 3 N–H and O–H groups in total. The Hall–Kier alpha value is -1.86. The van der Waals surface area contributed by atoms with E-state index in [1.807, 2.05) is 0 Å². The molecule has 0 radical (unpaired) electrons. The van der Waals surface area contributed by atoms with Gasteiger partial charge in [-0.05, 0) is 25.5 Å². The van der Waals surface area contributed by atoms with E-state index in [1.165, 1.54) is 12.1 Å². The molecule has 0 aliphatic carbocycles. The fourth-order valence-corrected chi connectivity index (χ4v) is 2.09. The molecule has 0 saturated carbocycles. The molecule has 1 fully saturated rings. The van der Waals surface area contributed by atoms with Crippen molar-refractivity contribution in [3.63, 3.8) is 0 Å². The number of carbonyl (C=O) groups is 1. The summed E-state index contributed by atoms with van der Waals surface area (Å²) < 4.78 is 0. The van der Waals surface area contributed by atoms with E-state index < -0.39 is 4.92 Å². The van der Waals surface area contributed by atoms with Crippen LogP contribution in [-0.2, 0) is 4.79 Å².